The number of H-pyrrole nitrogens is 1. The molecule has 1 saturated carbocycles. The number of hydrogen-bond acceptors (Lipinski definition) is 4. The first kappa shape index (κ1) is 7.20. The van der Waals surface area contributed by atoms with Crippen LogP contribution >= 0.6 is 0 Å². The van der Waals surface area contributed by atoms with Crippen molar-refractivity contribution in [3.05, 3.63) is 5.82 Å². The second-order valence-corrected chi connectivity index (χ2v) is 3.09. The maximum Gasteiger partial charge on any atom is 0.310 e. The second-order valence-electron chi connectivity index (χ2n) is 3.09. The minimum absolute atomic E-state index is 0.388. The summed E-state index contributed by atoms with van der Waals surface area (Å²) in [6, 6.07) is 0. The van der Waals surface area contributed by atoms with Crippen LogP contribution in [0.25, 0.3) is 0 Å². The summed E-state index contributed by atoms with van der Waals surface area (Å²) in [5.41, 5.74) is -0.593. The summed E-state index contributed by atoms with van der Waals surface area (Å²) in [6.07, 6.45) is 1.83. The molecule has 0 atom stereocenters. The molecule has 1 aliphatic carbocycles. The van der Waals surface area contributed by atoms with E-state index < -0.39 is 11.4 Å². The third kappa shape index (κ3) is 1.05. The molecule has 0 amide bonds. The van der Waals surface area contributed by atoms with Crippen molar-refractivity contribution in [2.45, 2.75) is 19.3 Å². The van der Waals surface area contributed by atoms with Crippen LogP contribution in [0.5, 0.6) is 0 Å². The first-order chi connectivity index (χ1) is 5.73. The molecule has 1 aromatic heterocycles. The van der Waals surface area contributed by atoms with Crippen molar-refractivity contribution in [2.75, 3.05) is 0 Å². The number of carboxylic acid groups (broad SMARTS) is 1. The zero-order chi connectivity index (χ0) is 8.60. The Labute approximate surface area is 68.0 Å². The molecule has 1 aliphatic rings. The molecule has 1 fully saturated rings. The monoisotopic (exact) mass is 168 g/mol. The van der Waals surface area contributed by atoms with Crippen molar-refractivity contribution in [3.63, 3.8) is 0 Å². The fourth-order valence-corrected chi connectivity index (χ4v) is 1.18. The van der Waals surface area contributed by atoms with E-state index in [-0.39, 0.29) is 0 Å². The summed E-state index contributed by atoms with van der Waals surface area (Å²) in [4.78, 5) is 10.7. The van der Waals surface area contributed by atoms with E-state index in [4.69, 9.17) is 5.11 Å². The van der Waals surface area contributed by atoms with Crippen molar-refractivity contribution in [1.82, 2.24) is 20.6 Å². The molecule has 2 N–H and O–H groups in total. The Kier molecular flexibility index (Phi) is 1.36. The molecule has 12 heavy (non-hydrogen) atoms. The highest BCUT2D eigenvalue weighted by Crippen LogP contribution is 2.47. The van der Waals surface area contributed by atoms with E-state index >= 15 is 0 Å². The third-order valence-corrected chi connectivity index (χ3v) is 2.19. The molecule has 1 heterocycles. The van der Waals surface area contributed by atoms with Gasteiger partial charge in [-0.3, -0.25) is 4.79 Å². The molecule has 2 rings (SSSR count). The Bertz CT molecular complexity index is 291. The summed E-state index contributed by atoms with van der Waals surface area (Å²) in [7, 11) is 0. The minimum atomic E-state index is -0.757. The van der Waals surface area contributed by atoms with Gasteiger partial charge in [-0.25, -0.2) is 0 Å². The van der Waals surface area contributed by atoms with Crippen molar-refractivity contribution in [2.24, 2.45) is 5.41 Å². The summed E-state index contributed by atoms with van der Waals surface area (Å²) in [5.74, 6) is -0.276. The Morgan fingerprint density at radius 2 is 2.42 bits per heavy atom. The maximum absolute atomic E-state index is 10.7. The highest BCUT2D eigenvalue weighted by Gasteiger charge is 2.50. The molecular weight excluding hydrogens is 160 g/mol. The quantitative estimate of drug-likeness (QED) is 0.641. The minimum Gasteiger partial charge on any atom is -0.481 e. The zero-order valence-corrected chi connectivity index (χ0v) is 6.32. The van der Waals surface area contributed by atoms with Gasteiger partial charge in [0.05, 0.1) is 5.41 Å². The summed E-state index contributed by atoms with van der Waals surface area (Å²) in [6.45, 7) is 0. The van der Waals surface area contributed by atoms with Gasteiger partial charge in [-0.1, -0.05) is 5.21 Å². The first-order valence-electron chi connectivity index (χ1n) is 3.69. The van der Waals surface area contributed by atoms with E-state index in [0.29, 0.717) is 12.2 Å². The number of rotatable bonds is 3. The van der Waals surface area contributed by atoms with Gasteiger partial charge in [0.15, 0.2) is 5.82 Å². The van der Waals surface area contributed by atoms with Gasteiger partial charge in [0.25, 0.3) is 0 Å². The fraction of sp³-hybridized carbons (Fsp3) is 0.667. The Balaban J connectivity index is 2.09. The normalized spacial score (nSPS) is 19.0. The first-order valence-corrected chi connectivity index (χ1v) is 3.69. The Morgan fingerprint density at radius 1 is 1.67 bits per heavy atom. The molecule has 6 heteroatoms. The van der Waals surface area contributed by atoms with Crippen LogP contribution in [0.1, 0.15) is 18.7 Å². The number of nitrogens with one attached hydrogen (secondary N) is 1. The van der Waals surface area contributed by atoms with Gasteiger partial charge in [-0.05, 0) is 12.8 Å². The fourth-order valence-electron chi connectivity index (χ4n) is 1.18. The van der Waals surface area contributed by atoms with Gasteiger partial charge in [-0.2, -0.15) is 5.21 Å². The molecule has 0 unspecified atom stereocenters. The lowest BCUT2D eigenvalue weighted by Crippen LogP contribution is -2.18. The van der Waals surface area contributed by atoms with Gasteiger partial charge in [0.2, 0.25) is 0 Å². The number of aromatic amines is 1. The number of tetrazole rings is 1. The van der Waals surface area contributed by atoms with Crippen LogP contribution in [-0.2, 0) is 11.2 Å². The van der Waals surface area contributed by atoms with Crippen LogP contribution < -0.4 is 0 Å². The lowest BCUT2D eigenvalue weighted by molar-refractivity contribution is -0.143. The highest BCUT2D eigenvalue weighted by atomic mass is 16.4. The molecular formula is C6H8N4O2. The maximum atomic E-state index is 10.7. The van der Waals surface area contributed by atoms with Crippen LogP contribution in [-0.4, -0.2) is 31.7 Å². The molecule has 0 radical (unpaired) electrons. The number of carboxylic acids is 1. The van der Waals surface area contributed by atoms with Crippen LogP contribution in [0.3, 0.4) is 0 Å². The van der Waals surface area contributed by atoms with Gasteiger partial charge in [0.1, 0.15) is 0 Å². The molecule has 0 saturated heterocycles. The molecule has 0 spiro atoms. The summed E-state index contributed by atoms with van der Waals surface area (Å²) < 4.78 is 0. The van der Waals surface area contributed by atoms with E-state index in [1.165, 1.54) is 0 Å². The smallest absolute Gasteiger partial charge is 0.310 e. The van der Waals surface area contributed by atoms with Gasteiger partial charge < -0.3 is 5.11 Å². The highest BCUT2D eigenvalue weighted by molar-refractivity contribution is 5.77. The molecule has 0 aromatic carbocycles. The lowest BCUT2D eigenvalue weighted by Gasteiger charge is -2.03. The van der Waals surface area contributed by atoms with Crippen LogP contribution in [0.4, 0.5) is 0 Å². The zero-order valence-electron chi connectivity index (χ0n) is 6.32. The van der Waals surface area contributed by atoms with Crippen molar-refractivity contribution >= 4 is 5.97 Å². The molecule has 0 bridgehead atoms. The average molecular weight is 168 g/mol. The van der Waals surface area contributed by atoms with E-state index in [9.17, 15) is 4.79 Å². The Morgan fingerprint density at radius 3 is 2.83 bits per heavy atom. The SMILES string of the molecule is O=C(O)C1(Cc2nn[nH]n2)CC1. The summed E-state index contributed by atoms with van der Waals surface area (Å²) in [5, 5.41) is 21.9. The van der Waals surface area contributed by atoms with Crippen LogP contribution in [0.2, 0.25) is 0 Å². The van der Waals surface area contributed by atoms with E-state index in [1.807, 2.05) is 0 Å². The second kappa shape index (κ2) is 2.26. The predicted octanol–water partition coefficient (Wildman–Crippen LogP) is -0.393. The molecule has 1 aromatic rings. The van der Waals surface area contributed by atoms with E-state index in [2.05, 4.69) is 20.6 Å². The number of aliphatic carboxylic acids is 1. The number of hydrogen-bond donors (Lipinski definition) is 2. The van der Waals surface area contributed by atoms with Crippen molar-refractivity contribution < 1.29 is 9.90 Å². The number of nitrogens with zero attached hydrogens (tertiary/aromatic N) is 3. The van der Waals surface area contributed by atoms with Crippen molar-refractivity contribution in [1.29, 1.82) is 0 Å². The van der Waals surface area contributed by atoms with Gasteiger partial charge >= 0.3 is 5.97 Å². The van der Waals surface area contributed by atoms with Crippen LogP contribution in [0, 0.1) is 5.41 Å². The molecule has 6 nitrogen and oxygen atoms in total. The lowest BCUT2D eigenvalue weighted by atomic mass is 10.0. The van der Waals surface area contributed by atoms with E-state index in [1.54, 1.807) is 0 Å². The van der Waals surface area contributed by atoms with Crippen LogP contribution in [0.15, 0.2) is 0 Å². The standard InChI is InChI=1S/C6H8N4O2/c11-5(12)6(1-2-6)3-4-7-9-10-8-4/h1-3H2,(H,11,12)(H,7,8,9,10). The summed E-state index contributed by atoms with van der Waals surface area (Å²) >= 11 is 0. The van der Waals surface area contributed by atoms with E-state index in [0.717, 1.165) is 12.8 Å². The van der Waals surface area contributed by atoms with Gasteiger partial charge in [-0.15, -0.1) is 10.2 Å². The van der Waals surface area contributed by atoms with Crippen molar-refractivity contribution in [3.8, 4) is 0 Å². The average Bonchev–Trinajstić information content (AvgIpc) is 2.60. The molecule has 64 valence electrons. The number of carbonyl (C=O) groups is 1. The Hall–Kier alpha value is -1.46. The topological polar surface area (TPSA) is 91.8 Å². The number of aromatic nitrogens is 4. The molecule has 0 aliphatic heterocycles. The van der Waals surface area contributed by atoms with Gasteiger partial charge in [0, 0.05) is 6.42 Å². The predicted molar refractivity (Wildman–Crippen MR) is 37.2 cm³/mol. The third-order valence-electron chi connectivity index (χ3n) is 2.19. The largest absolute Gasteiger partial charge is 0.481 e.